The number of aryl methyl sites for hydroxylation is 1. The van der Waals surface area contributed by atoms with E-state index in [1.165, 1.54) is 6.08 Å². The van der Waals surface area contributed by atoms with Gasteiger partial charge in [0.05, 0.1) is 0 Å². The molecule has 0 atom stereocenters. The number of hydrogen-bond acceptors (Lipinski definition) is 5. The van der Waals surface area contributed by atoms with Gasteiger partial charge in [-0.25, -0.2) is 9.78 Å². The van der Waals surface area contributed by atoms with Crippen LogP contribution in [0.3, 0.4) is 0 Å². The topological polar surface area (TPSA) is 73.2 Å². The summed E-state index contributed by atoms with van der Waals surface area (Å²) in [5, 5.41) is 5.72. The minimum Gasteiger partial charge on any atom is -0.452 e. The van der Waals surface area contributed by atoms with Crippen LogP contribution in [0.1, 0.15) is 42.6 Å². The lowest BCUT2D eigenvalue weighted by molar-refractivity contribution is -0.144. The van der Waals surface area contributed by atoms with Crippen molar-refractivity contribution in [2.24, 2.45) is 0 Å². The third-order valence-corrected chi connectivity index (χ3v) is 5.30. The minimum atomic E-state index is -0.523. The van der Waals surface area contributed by atoms with Gasteiger partial charge in [0.1, 0.15) is 0 Å². The zero-order chi connectivity index (χ0) is 18.5. The molecule has 138 valence electrons. The molecule has 7 heteroatoms. The number of amides is 1. The van der Waals surface area contributed by atoms with Crippen LogP contribution in [-0.4, -0.2) is 34.1 Å². The average Bonchev–Trinajstić information content (AvgIpc) is 3.34. The molecule has 3 rings (SSSR count). The van der Waals surface area contributed by atoms with Crippen molar-refractivity contribution in [3.05, 3.63) is 40.7 Å². The molecule has 1 amide bonds. The molecule has 0 aromatic carbocycles. The smallest absolute Gasteiger partial charge is 0.331 e. The van der Waals surface area contributed by atoms with Gasteiger partial charge in [-0.2, -0.15) is 0 Å². The maximum absolute atomic E-state index is 11.9. The summed E-state index contributed by atoms with van der Waals surface area (Å²) in [7, 11) is 0. The lowest BCUT2D eigenvalue weighted by Gasteiger charge is -2.11. The zero-order valence-electron chi connectivity index (χ0n) is 15.0. The van der Waals surface area contributed by atoms with Crippen LogP contribution in [-0.2, 0) is 14.3 Å². The van der Waals surface area contributed by atoms with Crippen LogP contribution in [0.25, 0.3) is 11.2 Å². The van der Waals surface area contributed by atoms with Crippen molar-refractivity contribution < 1.29 is 14.3 Å². The van der Waals surface area contributed by atoms with Crippen molar-refractivity contribution in [1.29, 1.82) is 0 Å². The Morgan fingerprint density at radius 1 is 1.38 bits per heavy atom. The number of thiazole rings is 1. The highest BCUT2D eigenvalue weighted by atomic mass is 32.1. The highest BCUT2D eigenvalue weighted by Crippen LogP contribution is 2.23. The Kier molecular flexibility index (Phi) is 5.88. The number of nitrogens with one attached hydrogen (secondary N) is 1. The Morgan fingerprint density at radius 2 is 2.15 bits per heavy atom. The molecule has 0 saturated heterocycles. The van der Waals surface area contributed by atoms with Crippen LogP contribution in [0, 0.1) is 13.8 Å². The van der Waals surface area contributed by atoms with Crippen molar-refractivity contribution >= 4 is 29.3 Å². The molecule has 0 radical (unpaired) electrons. The molecule has 0 aliphatic heterocycles. The Hall–Kier alpha value is -2.41. The highest BCUT2D eigenvalue weighted by Gasteiger charge is 2.17. The molecule has 1 N–H and O–H groups in total. The van der Waals surface area contributed by atoms with E-state index in [0.29, 0.717) is 0 Å². The van der Waals surface area contributed by atoms with Gasteiger partial charge in [-0.1, -0.05) is 12.8 Å². The number of carbonyl (C=O) groups is 2. The minimum absolute atomic E-state index is 0.230. The third kappa shape index (κ3) is 4.40. The first kappa shape index (κ1) is 18.4. The number of hydrogen-bond donors (Lipinski definition) is 1. The molecule has 2 heterocycles. The molecular weight excluding hydrogens is 350 g/mol. The Labute approximate surface area is 156 Å². The van der Waals surface area contributed by atoms with Crippen molar-refractivity contribution in [3.8, 4) is 5.13 Å². The fraction of sp³-hybridized carbons (Fsp3) is 0.421. The first-order valence-electron chi connectivity index (χ1n) is 8.77. The second-order valence-corrected chi connectivity index (χ2v) is 7.34. The zero-order valence-corrected chi connectivity index (χ0v) is 15.8. The largest absolute Gasteiger partial charge is 0.452 e. The maximum atomic E-state index is 11.9. The molecule has 2 aromatic heterocycles. The summed E-state index contributed by atoms with van der Waals surface area (Å²) >= 11 is 1.56. The standard InChI is InChI=1S/C19H23N3O3S/c1-13-11-15(14(2)22(13)19-20-9-10-26-19)7-8-18(24)25-12-17(23)21-16-5-3-4-6-16/h7-11,16H,3-6,12H2,1-2H3,(H,21,23)/b8-7+. The average molecular weight is 373 g/mol. The summed E-state index contributed by atoms with van der Waals surface area (Å²) in [6.45, 7) is 3.74. The van der Waals surface area contributed by atoms with Gasteiger partial charge in [0.15, 0.2) is 11.7 Å². The van der Waals surface area contributed by atoms with Gasteiger partial charge in [0, 0.05) is 35.1 Å². The van der Waals surface area contributed by atoms with Gasteiger partial charge in [-0.15, -0.1) is 11.3 Å². The Balaban J connectivity index is 1.55. The van der Waals surface area contributed by atoms with Crippen LogP contribution in [0.2, 0.25) is 0 Å². The number of carbonyl (C=O) groups excluding carboxylic acids is 2. The van der Waals surface area contributed by atoms with Crippen molar-refractivity contribution in [2.75, 3.05) is 6.61 Å². The summed E-state index contributed by atoms with van der Waals surface area (Å²) in [6, 6.07) is 2.22. The van der Waals surface area contributed by atoms with Crippen LogP contribution in [0.4, 0.5) is 0 Å². The first-order valence-corrected chi connectivity index (χ1v) is 9.65. The van der Waals surface area contributed by atoms with E-state index in [-0.39, 0.29) is 18.6 Å². The monoisotopic (exact) mass is 373 g/mol. The fourth-order valence-electron chi connectivity index (χ4n) is 3.26. The summed E-state index contributed by atoms with van der Waals surface area (Å²) < 4.78 is 7.08. The van der Waals surface area contributed by atoms with Crippen molar-refractivity contribution in [2.45, 2.75) is 45.6 Å². The summed E-state index contributed by atoms with van der Waals surface area (Å²) in [5.74, 6) is -0.758. The summed E-state index contributed by atoms with van der Waals surface area (Å²) in [5.41, 5.74) is 2.96. The van der Waals surface area contributed by atoms with E-state index in [1.807, 2.05) is 29.9 Å². The second kappa shape index (κ2) is 8.31. The molecule has 6 nitrogen and oxygen atoms in total. The molecular formula is C19H23N3O3S. The van der Waals surface area contributed by atoms with E-state index in [0.717, 1.165) is 47.8 Å². The number of ether oxygens (including phenoxy) is 1. The van der Waals surface area contributed by atoms with E-state index in [4.69, 9.17) is 4.74 Å². The molecule has 2 aromatic rings. The normalized spacial score (nSPS) is 14.8. The van der Waals surface area contributed by atoms with Gasteiger partial charge in [0.25, 0.3) is 5.91 Å². The predicted molar refractivity (Wildman–Crippen MR) is 101 cm³/mol. The second-order valence-electron chi connectivity index (χ2n) is 6.47. The van der Waals surface area contributed by atoms with Gasteiger partial charge in [-0.05, 0) is 44.4 Å². The number of nitrogens with zero attached hydrogens (tertiary/aromatic N) is 2. The lowest BCUT2D eigenvalue weighted by Crippen LogP contribution is -2.35. The molecule has 0 unspecified atom stereocenters. The van der Waals surface area contributed by atoms with Gasteiger partial charge < -0.3 is 10.1 Å². The fourth-order valence-corrected chi connectivity index (χ4v) is 4.01. The predicted octanol–water partition coefficient (Wildman–Crippen LogP) is 3.17. The SMILES string of the molecule is Cc1cc(/C=C/C(=O)OCC(=O)NC2CCCC2)c(C)n1-c1nccs1. The Morgan fingerprint density at radius 3 is 2.85 bits per heavy atom. The number of aromatic nitrogens is 2. The van der Waals surface area contributed by atoms with E-state index in [9.17, 15) is 9.59 Å². The highest BCUT2D eigenvalue weighted by molar-refractivity contribution is 7.12. The van der Waals surface area contributed by atoms with E-state index >= 15 is 0 Å². The molecule has 0 spiro atoms. The van der Waals surface area contributed by atoms with E-state index in [2.05, 4.69) is 10.3 Å². The van der Waals surface area contributed by atoms with E-state index in [1.54, 1.807) is 23.6 Å². The molecule has 1 saturated carbocycles. The number of esters is 1. The van der Waals surface area contributed by atoms with Gasteiger partial charge in [-0.3, -0.25) is 9.36 Å². The maximum Gasteiger partial charge on any atom is 0.331 e. The van der Waals surface area contributed by atoms with Crippen LogP contribution in [0.5, 0.6) is 0 Å². The number of rotatable bonds is 6. The molecule has 1 aliphatic rings. The molecule has 26 heavy (non-hydrogen) atoms. The quantitative estimate of drug-likeness (QED) is 0.623. The van der Waals surface area contributed by atoms with Crippen molar-refractivity contribution in [3.63, 3.8) is 0 Å². The lowest BCUT2D eigenvalue weighted by atomic mass is 10.2. The molecule has 0 bridgehead atoms. The first-order chi connectivity index (χ1) is 12.5. The Bertz CT molecular complexity index is 802. The van der Waals surface area contributed by atoms with Crippen molar-refractivity contribution in [1.82, 2.24) is 14.9 Å². The van der Waals surface area contributed by atoms with E-state index < -0.39 is 5.97 Å². The summed E-state index contributed by atoms with van der Waals surface area (Å²) in [6.07, 6.45) is 9.14. The van der Waals surface area contributed by atoms with Crippen LogP contribution < -0.4 is 5.32 Å². The van der Waals surface area contributed by atoms with Crippen LogP contribution in [0.15, 0.2) is 23.7 Å². The molecule has 1 aliphatic carbocycles. The molecule has 1 fully saturated rings. The van der Waals surface area contributed by atoms with Gasteiger partial charge in [0.2, 0.25) is 0 Å². The summed E-state index contributed by atoms with van der Waals surface area (Å²) in [4.78, 5) is 28.0. The van der Waals surface area contributed by atoms with Gasteiger partial charge >= 0.3 is 5.97 Å². The third-order valence-electron chi connectivity index (χ3n) is 4.55. The van der Waals surface area contributed by atoms with Crippen LogP contribution >= 0.6 is 11.3 Å².